The average Bonchev–Trinajstić information content (AvgIpc) is 3.24. The summed E-state index contributed by atoms with van der Waals surface area (Å²) in [6.07, 6.45) is 5.11. The van der Waals surface area contributed by atoms with Crippen molar-refractivity contribution in [3.8, 4) is 0 Å². The van der Waals surface area contributed by atoms with Gasteiger partial charge < -0.3 is 14.2 Å². The number of hydrogen-bond donors (Lipinski definition) is 0. The lowest BCUT2D eigenvalue weighted by Crippen LogP contribution is -2.37. The van der Waals surface area contributed by atoms with Gasteiger partial charge in [0, 0.05) is 0 Å². The molecule has 21 heavy (non-hydrogen) atoms. The van der Waals surface area contributed by atoms with Crippen LogP contribution in [0, 0.1) is 11.8 Å². The van der Waals surface area contributed by atoms with Gasteiger partial charge in [-0.15, -0.1) is 0 Å². The Labute approximate surface area is 126 Å². The number of epoxide rings is 1. The van der Waals surface area contributed by atoms with Crippen molar-refractivity contribution < 1.29 is 23.8 Å². The molecule has 4 unspecified atom stereocenters. The van der Waals surface area contributed by atoms with Crippen LogP contribution in [-0.4, -0.2) is 37.4 Å². The summed E-state index contributed by atoms with van der Waals surface area (Å²) in [4.78, 5) is 24.4. The predicted octanol–water partition coefficient (Wildman–Crippen LogP) is 2.47. The molecule has 2 rings (SSSR count). The van der Waals surface area contributed by atoms with Gasteiger partial charge in [-0.2, -0.15) is 0 Å². The maximum atomic E-state index is 12.2. The van der Waals surface area contributed by atoms with Gasteiger partial charge in [-0.1, -0.05) is 26.7 Å². The zero-order chi connectivity index (χ0) is 15.2. The van der Waals surface area contributed by atoms with E-state index in [4.69, 9.17) is 14.2 Å². The van der Waals surface area contributed by atoms with Crippen LogP contribution in [0.5, 0.6) is 0 Å². The zero-order valence-electron chi connectivity index (χ0n) is 13.0. The highest BCUT2D eigenvalue weighted by Gasteiger charge is 2.53. The minimum Gasteiger partial charge on any atom is -0.465 e. The van der Waals surface area contributed by atoms with Gasteiger partial charge in [-0.3, -0.25) is 9.59 Å². The van der Waals surface area contributed by atoms with E-state index < -0.39 is 11.8 Å². The van der Waals surface area contributed by atoms with Crippen LogP contribution in [0.15, 0.2) is 0 Å². The van der Waals surface area contributed by atoms with Crippen molar-refractivity contribution in [3.63, 3.8) is 0 Å². The van der Waals surface area contributed by atoms with Crippen LogP contribution in [0.3, 0.4) is 0 Å². The van der Waals surface area contributed by atoms with Crippen LogP contribution in [-0.2, 0) is 23.8 Å². The molecule has 0 aromatic heterocycles. The number of esters is 2. The lowest BCUT2D eigenvalue weighted by atomic mass is 9.79. The molecule has 2 aliphatic rings. The summed E-state index contributed by atoms with van der Waals surface area (Å²) < 4.78 is 16.1. The highest BCUT2D eigenvalue weighted by molar-refractivity contribution is 5.82. The molecule has 0 amide bonds. The number of rotatable bonds is 8. The minimum atomic E-state index is -0.403. The number of unbranched alkanes of at least 4 members (excludes halogenated alkanes) is 2. The number of carbonyl (C=O) groups excluding carboxylic acids is 2. The molecule has 0 aromatic carbocycles. The topological polar surface area (TPSA) is 65.1 Å². The summed E-state index contributed by atoms with van der Waals surface area (Å²) in [5, 5.41) is 0. The molecule has 5 heteroatoms. The van der Waals surface area contributed by atoms with Crippen LogP contribution < -0.4 is 0 Å². The summed E-state index contributed by atoms with van der Waals surface area (Å²) >= 11 is 0. The number of hydrogen-bond acceptors (Lipinski definition) is 5. The largest absolute Gasteiger partial charge is 0.465 e. The third kappa shape index (κ3) is 4.43. The van der Waals surface area contributed by atoms with Gasteiger partial charge in [-0.25, -0.2) is 0 Å². The Balaban J connectivity index is 1.88. The number of ether oxygens (including phenoxy) is 3. The molecule has 120 valence electrons. The Hall–Kier alpha value is -1.10. The van der Waals surface area contributed by atoms with E-state index >= 15 is 0 Å². The second-order valence-electron chi connectivity index (χ2n) is 5.94. The second-order valence-corrected chi connectivity index (χ2v) is 5.94. The SMILES string of the molecule is CCCCOC(=O)C1CC2OC2CC1C(=O)OCCCC. The summed E-state index contributed by atoms with van der Waals surface area (Å²) in [6, 6.07) is 0. The zero-order valence-corrected chi connectivity index (χ0v) is 13.0. The fourth-order valence-electron chi connectivity index (χ4n) is 2.79. The molecular formula is C16H26O5. The van der Waals surface area contributed by atoms with E-state index in [-0.39, 0.29) is 24.1 Å². The lowest BCUT2D eigenvalue weighted by Gasteiger charge is -2.26. The van der Waals surface area contributed by atoms with Crippen molar-refractivity contribution >= 4 is 11.9 Å². The van der Waals surface area contributed by atoms with E-state index in [0.717, 1.165) is 25.7 Å². The lowest BCUT2D eigenvalue weighted by molar-refractivity contribution is -0.162. The Morgan fingerprint density at radius 3 is 1.71 bits per heavy atom. The van der Waals surface area contributed by atoms with Crippen LogP contribution in [0.4, 0.5) is 0 Å². The molecule has 5 nitrogen and oxygen atoms in total. The molecule has 1 aliphatic heterocycles. The quantitative estimate of drug-likeness (QED) is 0.391. The summed E-state index contributed by atoms with van der Waals surface area (Å²) in [7, 11) is 0. The standard InChI is InChI=1S/C16H26O5/c1-3-5-7-19-15(17)11-9-13-14(21-13)10-12(11)16(18)20-8-6-4-2/h11-14H,3-10H2,1-2H3. The van der Waals surface area contributed by atoms with E-state index in [1.54, 1.807) is 0 Å². The molecule has 1 heterocycles. The van der Waals surface area contributed by atoms with Gasteiger partial charge in [0.2, 0.25) is 0 Å². The minimum absolute atomic E-state index is 0.133. The van der Waals surface area contributed by atoms with Crippen LogP contribution in [0.1, 0.15) is 52.4 Å². The second kappa shape index (κ2) is 7.78. The molecule has 4 atom stereocenters. The van der Waals surface area contributed by atoms with E-state index in [1.807, 2.05) is 13.8 Å². The molecule has 2 fully saturated rings. The normalized spacial score (nSPS) is 30.4. The van der Waals surface area contributed by atoms with Crippen molar-refractivity contribution in [2.75, 3.05) is 13.2 Å². The van der Waals surface area contributed by atoms with Gasteiger partial charge >= 0.3 is 11.9 Å². The highest BCUT2D eigenvalue weighted by Crippen LogP contribution is 2.43. The smallest absolute Gasteiger partial charge is 0.309 e. The molecule has 0 spiro atoms. The van der Waals surface area contributed by atoms with E-state index in [9.17, 15) is 9.59 Å². The van der Waals surface area contributed by atoms with Crippen molar-refractivity contribution in [2.24, 2.45) is 11.8 Å². The number of carbonyl (C=O) groups is 2. The fourth-order valence-corrected chi connectivity index (χ4v) is 2.79. The third-order valence-corrected chi connectivity index (χ3v) is 4.24. The molecule has 0 radical (unpaired) electrons. The van der Waals surface area contributed by atoms with Crippen LogP contribution in [0.25, 0.3) is 0 Å². The first-order chi connectivity index (χ1) is 10.2. The van der Waals surface area contributed by atoms with Crippen molar-refractivity contribution in [1.82, 2.24) is 0 Å². The Bertz CT molecular complexity index is 334. The van der Waals surface area contributed by atoms with Gasteiger partial charge in [0.05, 0.1) is 37.3 Å². The molecule has 1 aliphatic carbocycles. The molecule has 1 saturated heterocycles. The Morgan fingerprint density at radius 2 is 1.33 bits per heavy atom. The molecule has 1 saturated carbocycles. The highest BCUT2D eigenvalue weighted by atomic mass is 16.6. The maximum absolute atomic E-state index is 12.2. The van der Waals surface area contributed by atoms with Gasteiger partial charge in [0.15, 0.2) is 0 Å². The first-order valence-corrected chi connectivity index (χ1v) is 8.16. The number of fused-ring (bicyclic) bond motifs is 1. The van der Waals surface area contributed by atoms with Crippen molar-refractivity contribution in [3.05, 3.63) is 0 Å². The molecule has 0 bridgehead atoms. The molecular weight excluding hydrogens is 272 g/mol. The summed E-state index contributed by atoms with van der Waals surface area (Å²) in [6.45, 7) is 4.95. The van der Waals surface area contributed by atoms with Crippen LogP contribution >= 0.6 is 0 Å². The molecule has 0 aromatic rings. The van der Waals surface area contributed by atoms with E-state index in [1.165, 1.54) is 0 Å². The first kappa shape index (κ1) is 16.3. The van der Waals surface area contributed by atoms with Crippen LogP contribution in [0.2, 0.25) is 0 Å². The summed E-state index contributed by atoms with van der Waals surface area (Å²) in [5.74, 6) is -1.34. The van der Waals surface area contributed by atoms with Crippen molar-refractivity contribution in [1.29, 1.82) is 0 Å². The van der Waals surface area contributed by atoms with Gasteiger partial charge in [0.25, 0.3) is 0 Å². The Morgan fingerprint density at radius 1 is 0.905 bits per heavy atom. The molecule has 0 N–H and O–H groups in total. The average molecular weight is 298 g/mol. The Kier molecular flexibility index (Phi) is 6.03. The van der Waals surface area contributed by atoms with E-state index in [2.05, 4.69) is 0 Å². The monoisotopic (exact) mass is 298 g/mol. The van der Waals surface area contributed by atoms with Gasteiger partial charge in [0.1, 0.15) is 0 Å². The van der Waals surface area contributed by atoms with Crippen molar-refractivity contribution in [2.45, 2.75) is 64.6 Å². The van der Waals surface area contributed by atoms with Gasteiger partial charge in [-0.05, 0) is 25.7 Å². The third-order valence-electron chi connectivity index (χ3n) is 4.24. The van der Waals surface area contributed by atoms with E-state index in [0.29, 0.717) is 26.1 Å². The predicted molar refractivity (Wildman–Crippen MR) is 76.6 cm³/mol. The summed E-state index contributed by atoms with van der Waals surface area (Å²) in [5.41, 5.74) is 0. The maximum Gasteiger partial charge on any atom is 0.309 e. The first-order valence-electron chi connectivity index (χ1n) is 8.16. The fraction of sp³-hybridized carbons (Fsp3) is 0.875.